The number of rotatable bonds is 5. The Morgan fingerprint density at radius 1 is 1.22 bits per heavy atom. The van der Waals surface area contributed by atoms with Crippen LogP contribution in [0.4, 0.5) is 5.69 Å². The number of hydrogen-bond donors (Lipinski definition) is 2. The number of carbonyl (C=O) groups is 2. The molecule has 0 heterocycles. The Hall–Kier alpha value is -2.10. The quantitative estimate of drug-likeness (QED) is 0.815. The molecule has 2 N–H and O–H groups in total. The number of fused-ring (bicyclic) bond motifs is 2. The fourth-order valence-electron chi connectivity index (χ4n) is 3.99. The van der Waals surface area contributed by atoms with Crippen molar-refractivity contribution in [2.24, 2.45) is 23.7 Å². The lowest BCUT2D eigenvalue weighted by atomic mass is 9.82. The van der Waals surface area contributed by atoms with Gasteiger partial charge in [-0.3, -0.25) is 9.59 Å². The summed E-state index contributed by atoms with van der Waals surface area (Å²) >= 11 is 0. The van der Waals surface area contributed by atoms with Crippen molar-refractivity contribution >= 4 is 17.6 Å². The van der Waals surface area contributed by atoms with Gasteiger partial charge in [-0.15, -0.1) is 0 Å². The number of para-hydroxylation sites is 1. The minimum atomic E-state index is -0.864. The SMILES string of the molecule is CCC(C)c1ccccc1NC(=O)C1C2C=CC(C2)C1C(=O)O. The highest BCUT2D eigenvalue weighted by Crippen LogP contribution is 2.48. The standard InChI is InChI=1S/C19H23NO3/c1-3-11(2)14-6-4-5-7-15(14)20-18(21)16-12-8-9-13(10-12)17(16)19(22)23/h4-9,11-13,16-17H,3,10H2,1-2H3,(H,20,21)(H,22,23). The molecule has 0 radical (unpaired) electrons. The molecule has 0 saturated heterocycles. The number of nitrogens with one attached hydrogen (secondary N) is 1. The largest absolute Gasteiger partial charge is 0.481 e. The zero-order valence-corrected chi connectivity index (χ0v) is 13.5. The van der Waals surface area contributed by atoms with Crippen molar-refractivity contribution in [1.29, 1.82) is 0 Å². The summed E-state index contributed by atoms with van der Waals surface area (Å²) < 4.78 is 0. The van der Waals surface area contributed by atoms with E-state index < -0.39 is 17.8 Å². The van der Waals surface area contributed by atoms with Crippen LogP contribution in [-0.4, -0.2) is 17.0 Å². The first-order chi connectivity index (χ1) is 11.0. The van der Waals surface area contributed by atoms with Crippen LogP contribution in [0.25, 0.3) is 0 Å². The van der Waals surface area contributed by atoms with Crippen molar-refractivity contribution in [1.82, 2.24) is 0 Å². The van der Waals surface area contributed by atoms with Gasteiger partial charge in [-0.05, 0) is 42.2 Å². The number of benzene rings is 1. The van der Waals surface area contributed by atoms with E-state index in [0.717, 1.165) is 24.1 Å². The van der Waals surface area contributed by atoms with Crippen LogP contribution in [0.15, 0.2) is 36.4 Å². The maximum Gasteiger partial charge on any atom is 0.307 e. The van der Waals surface area contributed by atoms with E-state index in [9.17, 15) is 14.7 Å². The van der Waals surface area contributed by atoms with Crippen molar-refractivity contribution in [3.05, 3.63) is 42.0 Å². The average molecular weight is 313 g/mol. The van der Waals surface area contributed by atoms with Gasteiger partial charge in [-0.25, -0.2) is 0 Å². The number of anilines is 1. The molecular weight excluding hydrogens is 290 g/mol. The highest BCUT2D eigenvalue weighted by Gasteiger charge is 2.51. The monoisotopic (exact) mass is 313 g/mol. The van der Waals surface area contributed by atoms with Gasteiger partial charge < -0.3 is 10.4 Å². The van der Waals surface area contributed by atoms with Crippen LogP contribution >= 0.6 is 0 Å². The van der Waals surface area contributed by atoms with E-state index in [1.165, 1.54) is 0 Å². The Labute approximate surface area is 136 Å². The summed E-state index contributed by atoms with van der Waals surface area (Å²) in [6, 6.07) is 7.80. The number of carboxylic acids is 1. The lowest BCUT2D eigenvalue weighted by molar-refractivity contribution is -0.146. The zero-order valence-electron chi connectivity index (χ0n) is 13.5. The van der Waals surface area contributed by atoms with E-state index in [1.54, 1.807) is 0 Å². The first-order valence-electron chi connectivity index (χ1n) is 8.33. The third kappa shape index (κ3) is 2.78. The van der Waals surface area contributed by atoms with Crippen LogP contribution in [-0.2, 0) is 9.59 Å². The number of carboxylic acid groups (broad SMARTS) is 1. The number of hydrogen-bond acceptors (Lipinski definition) is 2. The molecule has 2 bridgehead atoms. The molecule has 1 fully saturated rings. The second kappa shape index (κ2) is 6.19. The average Bonchev–Trinajstić information content (AvgIpc) is 3.15. The van der Waals surface area contributed by atoms with E-state index in [-0.39, 0.29) is 17.7 Å². The predicted octanol–water partition coefficient (Wildman–Crippen LogP) is 3.66. The Kier molecular flexibility index (Phi) is 4.24. The number of allylic oxidation sites excluding steroid dienone is 2. The van der Waals surface area contributed by atoms with Crippen molar-refractivity contribution in [2.75, 3.05) is 5.32 Å². The molecule has 1 aromatic rings. The molecule has 5 atom stereocenters. The summed E-state index contributed by atoms with van der Waals surface area (Å²) in [6.45, 7) is 4.25. The van der Waals surface area contributed by atoms with Gasteiger partial charge in [0.05, 0.1) is 11.8 Å². The van der Waals surface area contributed by atoms with Gasteiger partial charge in [0.1, 0.15) is 0 Å². The first kappa shape index (κ1) is 15.8. The third-order valence-electron chi connectivity index (χ3n) is 5.41. The summed E-state index contributed by atoms with van der Waals surface area (Å²) in [5.74, 6) is -1.69. The normalized spacial score (nSPS) is 29.5. The maximum absolute atomic E-state index is 12.8. The van der Waals surface area contributed by atoms with E-state index >= 15 is 0 Å². The van der Waals surface area contributed by atoms with Gasteiger partial charge in [-0.2, -0.15) is 0 Å². The fraction of sp³-hybridized carbons (Fsp3) is 0.474. The van der Waals surface area contributed by atoms with Crippen LogP contribution in [0.1, 0.15) is 38.2 Å². The van der Waals surface area contributed by atoms with Gasteiger partial charge in [0.2, 0.25) is 5.91 Å². The summed E-state index contributed by atoms with van der Waals surface area (Å²) in [5, 5.41) is 12.5. The van der Waals surface area contributed by atoms with Crippen molar-refractivity contribution in [3.8, 4) is 0 Å². The van der Waals surface area contributed by atoms with Crippen molar-refractivity contribution < 1.29 is 14.7 Å². The Balaban J connectivity index is 1.83. The van der Waals surface area contributed by atoms with Crippen molar-refractivity contribution in [3.63, 3.8) is 0 Å². The molecule has 4 heteroatoms. The molecule has 2 aliphatic carbocycles. The Morgan fingerprint density at radius 3 is 2.52 bits per heavy atom. The number of amides is 1. The van der Waals surface area contributed by atoms with Gasteiger partial charge >= 0.3 is 5.97 Å². The van der Waals surface area contributed by atoms with Crippen LogP contribution < -0.4 is 5.32 Å². The molecule has 0 aliphatic heterocycles. The minimum absolute atomic E-state index is 0.00180. The fourth-order valence-corrected chi connectivity index (χ4v) is 3.99. The van der Waals surface area contributed by atoms with Crippen LogP contribution in [0, 0.1) is 23.7 Å². The molecule has 5 unspecified atom stereocenters. The van der Waals surface area contributed by atoms with E-state index in [2.05, 4.69) is 19.2 Å². The smallest absolute Gasteiger partial charge is 0.307 e. The lowest BCUT2D eigenvalue weighted by Crippen LogP contribution is -2.36. The van der Waals surface area contributed by atoms with Crippen LogP contribution in [0.2, 0.25) is 0 Å². The first-order valence-corrected chi connectivity index (χ1v) is 8.33. The lowest BCUT2D eigenvalue weighted by Gasteiger charge is -2.25. The van der Waals surface area contributed by atoms with Crippen LogP contribution in [0.5, 0.6) is 0 Å². The number of carbonyl (C=O) groups excluding carboxylic acids is 1. The van der Waals surface area contributed by atoms with Crippen molar-refractivity contribution in [2.45, 2.75) is 32.6 Å². The molecule has 1 aromatic carbocycles. The molecule has 1 amide bonds. The number of aliphatic carboxylic acids is 1. The third-order valence-corrected chi connectivity index (χ3v) is 5.41. The van der Waals surface area contributed by atoms with Gasteiger partial charge in [-0.1, -0.05) is 44.2 Å². The highest BCUT2D eigenvalue weighted by molar-refractivity contribution is 5.97. The topological polar surface area (TPSA) is 66.4 Å². The summed E-state index contributed by atoms with van der Waals surface area (Å²) in [5.41, 5.74) is 1.91. The molecular formula is C19H23NO3. The van der Waals surface area contributed by atoms with E-state index in [1.807, 2.05) is 36.4 Å². The Bertz CT molecular complexity index is 652. The van der Waals surface area contributed by atoms with Crippen LogP contribution in [0.3, 0.4) is 0 Å². The second-order valence-corrected chi connectivity index (χ2v) is 6.72. The summed E-state index contributed by atoms with van der Waals surface area (Å²) in [7, 11) is 0. The van der Waals surface area contributed by atoms with E-state index in [4.69, 9.17) is 0 Å². The molecule has 1 saturated carbocycles. The molecule has 3 rings (SSSR count). The van der Waals surface area contributed by atoms with Gasteiger partial charge in [0.15, 0.2) is 0 Å². The zero-order chi connectivity index (χ0) is 16.6. The molecule has 4 nitrogen and oxygen atoms in total. The Morgan fingerprint density at radius 2 is 1.87 bits per heavy atom. The molecule has 122 valence electrons. The summed E-state index contributed by atoms with van der Waals surface area (Å²) in [6.07, 6.45) is 5.73. The molecule has 23 heavy (non-hydrogen) atoms. The summed E-state index contributed by atoms with van der Waals surface area (Å²) in [4.78, 5) is 24.3. The predicted molar refractivity (Wildman–Crippen MR) is 89.1 cm³/mol. The maximum atomic E-state index is 12.8. The van der Waals surface area contributed by atoms with Gasteiger partial charge in [0.25, 0.3) is 0 Å². The minimum Gasteiger partial charge on any atom is -0.481 e. The van der Waals surface area contributed by atoms with E-state index in [0.29, 0.717) is 5.92 Å². The molecule has 0 spiro atoms. The molecule has 0 aromatic heterocycles. The second-order valence-electron chi connectivity index (χ2n) is 6.72. The molecule has 2 aliphatic rings. The van der Waals surface area contributed by atoms with Gasteiger partial charge in [0, 0.05) is 5.69 Å². The highest BCUT2D eigenvalue weighted by atomic mass is 16.4.